The van der Waals surface area contributed by atoms with Crippen molar-refractivity contribution in [3.05, 3.63) is 22.2 Å². The predicted molar refractivity (Wildman–Crippen MR) is 77.0 cm³/mol. The Labute approximate surface area is 121 Å². The number of rotatable bonds is 8. The van der Waals surface area contributed by atoms with E-state index in [0.717, 1.165) is 6.42 Å². The minimum absolute atomic E-state index is 0.0147. The molecule has 0 fully saturated rings. The first kappa shape index (κ1) is 16.2. The number of aromatic nitrogens is 1. The molecule has 20 heavy (non-hydrogen) atoms. The smallest absolute Gasteiger partial charge is 0.306 e. The fourth-order valence-electron chi connectivity index (χ4n) is 1.36. The van der Waals surface area contributed by atoms with Gasteiger partial charge in [-0.3, -0.25) is 14.9 Å². The molecule has 0 unspecified atom stereocenters. The van der Waals surface area contributed by atoms with Crippen LogP contribution >= 0.6 is 11.8 Å². The van der Waals surface area contributed by atoms with Gasteiger partial charge in [-0.1, -0.05) is 6.92 Å². The van der Waals surface area contributed by atoms with Crippen molar-refractivity contribution in [3.8, 4) is 0 Å². The van der Waals surface area contributed by atoms with Crippen LogP contribution in [0.15, 0.2) is 17.2 Å². The van der Waals surface area contributed by atoms with E-state index >= 15 is 0 Å². The first-order chi connectivity index (χ1) is 9.56. The average molecular weight is 299 g/mol. The number of hydrogen-bond acceptors (Lipinski definition) is 7. The van der Waals surface area contributed by atoms with E-state index < -0.39 is 4.92 Å². The van der Waals surface area contributed by atoms with Crippen molar-refractivity contribution in [3.63, 3.8) is 0 Å². The predicted octanol–water partition coefficient (Wildman–Crippen LogP) is 2.47. The minimum Gasteiger partial charge on any atom is -0.469 e. The standard InChI is InChI=1S/C12H17N3O4S/c1-3-5-13-10-7-9(15(17)18)8-11(14-10)20-6-4-12(16)19-2/h7-8H,3-6H2,1-2H3,(H,13,14). The Balaban J connectivity index is 2.75. The molecule has 0 aromatic carbocycles. The maximum atomic E-state index is 11.0. The van der Waals surface area contributed by atoms with Crippen LogP contribution in [-0.2, 0) is 9.53 Å². The van der Waals surface area contributed by atoms with E-state index in [1.165, 1.54) is 31.0 Å². The van der Waals surface area contributed by atoms with Crippen LogP contribution in [0.1, 0.15) is 19.8 Å². The molecule has 0 bridgehead atoms. The number of methoxy groups -OCH3 is 1. The number of nitro groups is 1. The minimum atomic E-state index is -0.455. The Morgan fingerprint density at radius 3 is 2.90 bits per heavy atom. The van der Waals surface area contributed by atoms with Crippen LogP contribution in [0, 0.1) is 10.1 Å². The third-order valence-electron chi connectivity index (χ3n) is 2.34. The van der Waals surface area contributed by atoms with Crippen LogP contribution in [0.3, 0.4) is 0 Å². The number of nitrogens with one attached hydrogen (secondary N) is 1. The Kier molecular flexibility index (Phi) is 6.78. The fourth-order valence-corrected chi connectivity index (χ4v) is 2.20. The fraction of sp³-hybridized carbons (Fsp3) is 0.500. The summed E-state index contributed by atoms with van der Waals surface area (Å²) < 4.78 is 4.53. The van der Waals surface area contributed by atoms with Crippen molar-refractivity contribution in [1.29, 1.82) is 0 Å². The van der Waals surface area contributed by atoms with E-state index in [-0.39, 0.29) is 18.1 Å². The molecule has 0 spiro atoms. The molecule has 1 N–H and O–H groups in total. The summed E-state index contributed by atoms with van der Waals surface area (Å²) in [7, 11) is 1.32. The molecule has 0 atom stereocenters. The lowest BCUT2D eigenvalue weighted by Gasteiger charge is -2.06. The number of pyridine rings is 1. The number of thioether (sulfide) groups is 1. The van der Waals surface area contributed by atoms with Crippen molar-refractivity contribution >= 4 is 29.2 Å². The molecule has 0 amide bonds. The zero-order valence-corrected chi connectivity index (χ0v) is 12.2. The highest BCUT2D eigenvalue weighted by atomic mass is 32.2. The van der Waals surface area contributed by atoms with Crippen molar-refractivity contribution in [1.82, 2.24) is 4.98 Å². The Morgan fingerprint density at radius 1 is 1.55 bits per heavy atom. The van der Waals surface area contributed by atoms with E-state index in [1.54, 1.807) is 0 Å². The van der Waals surface area contributed by atoms with E-state index in [1.807, 2.05) is 6.92 Å². The number of esters is 1. The summed E-state index contributed by atoms with van der Waals surface area (Å²) in [4.78, 5) is 25.7. The molecule has 0 aliphatic heterocycles. The van der Waals surface area contributed by atoms with Gasteiger partial charge in [0.25, 0.3) is 5.69 Å². The Bertz CT molecular complexity index is 482. The number of carbonyl (C=O) groups is 1. The zero-order valence-electron chi connectivity index (χ0n) is 11.4. The van der Waals surface area contributed by atoms with Gasteiger partial charge in [-0.15, -0.1) is 11.8 Å². The molecule has 0 saturated carbocycles. The lowest BCUT2D eigenvalue weighted by atomic mass is 10.4. The molecule has 110 valence electrons. The highest BCUT2D eigenvalue weighted by molar-refractivity contribution is 7.99. The van der Waals surface area contributed by atoms with Gasteiger partial charge >= 0.3 is 5.97 Å². The van der Waals surface area contributed by atoms with Gasteiger partial charge in [0.15, 0.2) is 0 Å². The van der Waals surface area contributed by atoms with Crippen LogP contribution in [0.4, 0.5) is 11.5 Å². The molecule has 1 aromatic heterocycles. The maximum Gasteiger partial charge on any atom is 0.306 e. The monoisotopic (exact) mass is 299 g/mol. The SMILES string of the molecule is CCCNc1cc([N+](=O)[O-])cc(SCCC(=O)OC)n1. The molecule has 1 heterocycles. The van der Waals surface area contributed by atoms with Crippen molar-refractivity contribution in [2.75, 3.05) is 24.7 Å². The van der Waals surface area contributed by atoms with Crippen LogP contribution < -0.4 is 5.32 Å². The lowest BCUT2D eigenvalue weighted by molar-refractivity contribution is -0.385. The van der Waals surface area contributed by atoms with Gasteiger partial charge in [-0.25, -0.2) is 4.98 Å². The van der Waals surface area contributed by atoms with Gasteiger partial charge in [0.2, 0.25) is 0 Å². The number of ether oxygens (including phenoxy) is 1. The Morgan fingerprint density at radius 2 is 2.30 bits per heavy atom. The largest absolute Gasteiger partial charge is 0.469 e. The zero-order chi connectivity index (χ0) is 15.0. The van der Waals surface area contributed by atoms with E-state index in [4.69, 9.17) is 0 Å². The van der Waals surface area contributed by atoms with Gasteiger partial charge in [0.1, 0.15) is 10.8 Å². The summed E-state index contributed by atoms with van der Waals surface area (Å²) in [6, 6.07) is 2.80. The molecule has 7 nitrogen and oxygen atoms in total. The number of nitrogens with zero attached hydrogens (tertiary/aromatic N) is 2. The molecular weight excluding hydrogens is 282 g/mol. The van der Waals surface area contributed by atoms with Crippen molar-refractivity contribution < 1.29 is 14.5 Å². The van der Waals surface area contributed by atoms with E-state index in [2.05, 4.69) is 15.0 Å². The molecule has 8 heteroatoms. The van der Waals surface area contributed by atoms with Crippen molar-refractivity contribution in [2.24, 2.45) is 0 Å². The van der Waals surface area contributed by atoms with E-state index in [0.29, 0.717) is 23.1 Å². The quantitative estimate of drug-likeness (QED) is 0.341. The van der Waals surface area contributed by atoms with Gasteiger partial charge in [0, 0.05) is 18.4 Å². The van der Waals surface area contributed by atoms with Gasteiger partial charge in [0.05, 0.1) is 24.5 Å². The summed E-state index contributed by atoms with van der Waals surface area (Å²) in [5, 5.41) is 14.4. The van der Waals surface area contributed by atoms with Crippen LogP contribution in [0.2, 0.25) is 0 Å². The first-order valence-corrected chi connectivity index (χ1v) is 7.15. The number of carbonyl (C=O) groups excluding carboxylic acids is 1. The molecular formula is C12H17N3O4S. The highest BCUT2D eigenvalue weighted by Gasteiger charge is 2.12. The molecule has 0 radical (unpaired) electrons. The molecule has 0 aliphatic rings. The van der Waals surface area contributed by atoms with Gasteiger partial charge in [-0.05, 0) is 6.42 Å². The topological polar surface area (TPSA) is 94.4 Å². The summed E-state index contributed by atoms with van der Waals surface area (Å²) in [6.07, 6.45) is 1.14. The van der Waals surface area contributed by atoms with E-state index in [9.17, 15) is 14.9 Å². The van der Waals surface area contributed by atoms with Crippen LogP contribution in [-0.4, -0.2) is 35.3 Å². The lowest BCUT2D eigenvalue weighted by Crippen LogP contribution is -2.04. The number of hydrogen-bond donors (Lipinski definition) is 1. The normalized spacial score (nSPS) is 10.1. The molecule has 1 rings (SSSR count). The highest BCUT2D eigenvalue weighted by Crippen LogP contribution is 2.25. The molecule has 0 saturated heterocycles. The van der Waals surface area contributed by atoms with Crippen LogP contribution in [0.25, 0.3) is 0 Å². The van der Waals surface area contributed by atoms with Crippen LogP contribution in [0.5, 0.6) is 0 Å². The summed E-state index contributed by atoms with van der Waals surface area (Å²) in [5.74, 6) is 0.627. The summed E-state index contributed by atoms with van der Waals surface area (Å²) in [5.41, 5.74) is -0.0147. The number of anilines is 1. The van der Waals surface area contributed by atoms with Gasteiger partial charge in [-0.2, -0.15) is 0 Å². The first-order valence-electron chi connectivity index (χ1n) is 6.16. The third kappa shape index (κ3) is 5.43. The Hall–Kier alpha value is -1.83. The van der Waals surface area contributed by atoms with Gasteiger partial charge < -0.3 is 10.1 Å². The summed E-state index contributed by atoms with van der Waals surface area (Å²) >= 11 is 1.29. The molecule has 1 aromatic rings. The second-order valence-electron chi connectivity index (χ2n) is 3.91. The average Bonchev–Trinajstić information content (AvgIpc) is 2.44. The third-order valence-corrected chi connectivity index (χ3v) is 3.25. The molecule has 0 aliphatic carbocycles. The maximum absolute atomic E-state index is 11.0. The second kappa shape index (κ2) is 8.36. The summed E-state index contributed by atoms with van der Waals surface area (Å²) in [6.45, 7) is 2.69. The second-order valence-corrected chi connectivity index (χ2v) is 5.02. The van der Waals surface area contributed by atoms with Crippen molar-refractivity contribution in [2.45, 2.75) is 24.8 Å².